The Hall–Kier alpha value is -5.35. The molecule has 5 aromatic rings. The van der Waals surface area contributed by atoms with Gasteiger partial charge in [-0.15, -0.1) is 6.58 Å². The van der Waals surface area contributed by atoms with Crippen LogP contribution in [0.1, 0.15) is 41.4 Å². The molecule has 43 heavy (non-hydrogen) atoms. The summed E-state index contributed by atoms with van der Waals surface area (Å²) in [6.07, 6.45) is 6.73. The molecule has 0 saturated heterocycles. The average Bonchev–Trinajstić information content (AvgIpc) is 3.59. The lowest BCUT2D eigenvalue weighted by Gasteiger charge is -2.31. The van der Waals surface area contributed by atoms with Gasteiger partial charge in [-0.25, -0.2) is 4.98 Å². The molecule has 0 spiro atoms. The minimum absolute atomic E-state index is 0.0124. The number of carbonyl (C=O) groups excluding carboxylic acids is 1. The van der Waals surface area contributed by atoms with Gasteiger partial charge in [0.25, 0.3) is 11.8 Å². The van der Waals surface area contributed by atoms with E-state index in [0.29, 0.717) is 35.0 Å². The van der Waals surface area contributed by atoms with Crippen LogP contribution in [-0.4, -0.2) is 49.2 Å². The van der Waals surface area contributed by atoms with Gasteiger partial charge >= 0.3 is 0 Å². The summed E-state index contributed by atoms with van der Waals surface area (Å²) in [5, 5.41) is 21.2. The lowest BCUT2D eigenvalue weighted by atomic mass is 9.93. The average molecular weight is 574 g/mol. The van der Waals surface area contributed by atoms with Crippen LogP contribution in [0.2, 0.25) is 0 Å². The van der Waals surface area contributed by atoms with Crippen LogP contribution in [0, 0.1) is 0 Å². The minimum Gasteiger partial charge on any atom is -0.394 e. The first-order valence-corrected chi connectivity index (χ1v) is 13.9. The lowest BCUT2D eigenvalue weighted by Crippen LogP contribution is -2.39. The molecule has 0 bridgehead atoms. The van der Waals surface area contributed by atoms with Crippen molar-refractivity contribution in [1.29, 1.82) is 0 Å². The fourth-order valence-corrected chi connectivity index (χ4v) is 5.31. The number of amides is 1. The maximum absolute atomic E-state index is 13.0. The number of aliphatic hydroxyl groups is 1. The van der Waals surface area contributed by atoms with E-state index in [-0.39, 0.29) is 18.4 Å². The first-order valence-electron chi connectivity index (χ1n) is 13.9. The summed E-state index contributed by atoms with van der Waals surface area (Å²) in [5.41, 5.74) is 4.74. The van der Waals surface area contributed by atoms with Gasteiger partial charge in [-0.2, -0.15) is 4.98 Å². The van der Waals surface area contributed by atoms with Crippen LogP contribution in [0.4, 0.5) is 17.2 Å². The van der Waals surface area contributed by atoms with E-state index in [0.717, 1.165) is 22.4 Å². The number of hydrogen-bond donors (Lipinski definition) is 3. The zero-order valence-corrected chi connectivity index (χ0v) is 23.9. The predicted molar refractivity (Wildman–Crippen MR) is 165 cm³/mol. The maximum Gasteiger partial charge on any atom is 0.261 e. The summed E-state index contributed by atoms with van der Waals surface area (Å²) < 4.78 is 5.64. The quantitative estimate of drug-likeness (QED) is 0.173. The van der Waals surface area contributed by atoms with Crippen molar-refractivity contribution in [2.24, 2.45) is 0 Å². The van der Waals surface area contributed by atoms with E-state index in [1.165, 1.54) is 0 Å². The zero-order valence-electron chi connectivity index (χ0n) is 23.9. The number of carbonyl (C=O) groups is 1. The van der Waals surface area contributed by atoms with Gasteiger partial charge in [-0.1, -0.05) is 41.6 Å². The fraction of sp³-hybridized carbons (Fsp3) is 0.182. The largest absolute Gasteiger partial charge is 0.394 e. The van der Waals surface area contributed by atoms with Crippen molar-refractivity contribution in [3.05, 3.63) is 115 Å². The summed E-state index contributed by atoms with van der Waals surface area (Å²) >= 11 is 0. The van der Waals surface area contributed by atoms with Gasteiger partial charge in [-0.05, 0) is 55.3 Å². The van der Waals surface area contributed by atoms with E-state index in [2.05, 4.69) is 37.3 Å². The summed E-state index contributed by atoms with van der Waals surface area (Å²) in [4.78, 5) is 28.2. The topological polar surface area (TPSA) is 129 Å². The van der Waals surface area contributed by atoms with E-state index in [4.69, 9.17) is 4.52 Å². The van der Waals surface area contributed by atoms with Crippen LogP contribution in [0.3, 0.4) is 0 Å². The predicted octanol–water partition coefficient (Wildman–Crippen LogP) is 5.96. The lowest BCUT2D eigenvalue weighted by molar-refractivity contribution is 0.0652. The molecular weight excluding hydrogens is 542 g/mol. The van der Waals surface area contributed by atoms with E-state index < -0.39 is 11.6 Å². The van der Waals surface area contributed by atoms with Gasteiger partial charge in [0.05, 0.1) is 29.4 Å². The Bertz CT molecular complexity index is 1770. The Morgan fingerprint density at radius 2 is 1.91 bits per heavy atom. The number of pyridine rings is 2. The number of fused-ring (bicyclic) bond motifs is 1. The highest BCUT2D eigenvalue weighted by Crippen LogP contribution is 2.40. The molecule has 1 aliphatic rings. The van der Waals surface area contributed by atoms with Crippen LogP contribution in [0.15, 0.2) is 102 Å². The van der Waals surface area contributed by atoms with Crippen LogP contribution in [0.5, 0.6) is 0 Å². The smallest absolute Gasteiger partial charge is 0.261 e. The highest BCUT2D eigenvalue weighted by atomic mass is 16.5. The third kappa shape index (κ3) is 5.35. The zero-order chi connectivity index (χ0) is 30.0. The van der Waals surface area contributed by atoms with Crippen LogP contribution in [-0.2, 0) is 5.54 Å². The summed E-state index contributed by atoms with van der Waals surface area (Å²) in [6.45, 7) is 8.19. The van der Waals surface area contributed by atoms with Gasteiger partial charge < -0.3 is 25.2 Å². The normalized spacial score (nSPS) is 14.3. The van der Waals surface area contributed by atoms with Crippen LogP contribution >= 0.6 is 0 Å². The Labute approximate surface area is 249 Å². The van der Waals surface area contributed by atoms with Gasteiger partial charge in [0.1, 0.15) is 5.82 Å². The van der Waals surface area contributed by atoms with Crippen molar-refractivity contribution >= 4 is 23.1 Å². The first-order chi connectivity index (χ1) is 20.9. The van der Waals surface area contributed by atoms with Crippen molar-refractivity contribution in [3.63, 3.8) is 0 Å². The molecule has 3 aromatic heterocycles. The molecule has 6 rings (SSSR count). The van der Waals surface area contributed by atoms with Crippen LogP contribution < -0.4 is 10.6 Å². The summed E-state index contributed by atoms with van der Waals surface area (Å²) in [6, 6.07) is 20.5. The third-order valence-corrected chi connectivity index (χ3v) is 7.61. The van der Waals surface area contributed by atoms with Gasteiger partial charge in [0, 0.05) is 48.0 Å². The third-order valence-electron chi connectivity index (χ3n) is 7.61. The number of rotatable bonds is 10. The Morgan fingerprint density at radius 1 is 1.07 bits per heavy atom. The molecule has 10 heteroatoms. The molecule has 0 saturated carbocycles. The van der Waals surface area contributed by atoms with Crippen molar-refractivity contribution < 1.29 is 14.4 Å². The molecule has 1 amide bonds. The van der Waals surface area contributed by atoms with E-state index in [9.17, 15) is 9.90 Å². The Balaban J connectivity index is 1.35. The number of aliphatic hydroxyl groups excluding tert-OH is 1. The van der Waals surface area contributed by atoms with Crippen molar-refractivity contribution in [2.45, 2.75) is 25.4 Å². The SMILES string of the molecule is C=CCN1C(=O)c2ccc(Nc3cc(N[C@H](CO)c4ccccc4)c(-c4nc(-c5cccnc5)no4)cn3)cc2C1(C)C. The second-order valence-electron chi connectivity index (χ2n) is 10.7. The molecule has 3 N–H and O–H groups in total. The highest BCUT2D eigenvalue weighted by Gasteiger charge is 2.42. The van der Waals surface area contributed by atoms with Crippen molar-refractivity contribution in [3.8, 4) is 22.8 Å². The molecule has 1 aliphatic heterocycles. The number of aromatic nitrogens is 4. The van der Waals surface area contributed by atoms with Gasteiger partial charge in [-0.3, -0.25) is 9.78 Å². The molecule has 10 nitrogen and oxygen atoms in total. The second kappa shape index (κ2) is 11.5. The monoisotopic (exact) mass is 573 g/mol. The first kappa shape index (κ1) is 27.8. The molecule has 2 aromatic carbocycles. The Kier molecular flexibility index (Phi) is 7.43. The molecule has 0 aliphatic carbocycles. The number of nitrogens with one attached hydrogen (secondary N) is 2. The number of benzene rings is 2. The summed E-state index contributed by atoms with van der Waals surface area (Å²) in [5.74, 6) is 1.21. The Morgan fingerprint density at radius 3 is 2.65 bits per heavy atom. The summed E-state index contributed by atoms with van der Waals surface area (Å²) in [7, 11) is 0. The van der Waals surface area contributed by atoms with E-state index in [1.807, 2.05) is 79.4 Å². The van der Waals surface area contributed by atoms with Crippen molar-refractivity contribution in [2.75, 3.05) is 23.8 Å². The molecule has 1 atom stereocenters. The fourth-order valence-electron chi connectivity index (χ4n) is 5.31. The highest BCUT2D eigenvalue weighted by molar-refractivity contribution is 6.00. The second-order valence-corrected chi connectivity index (χ2v) is 10.7. The maximum atomic E-state index is 13.0. The molecule has 0 radical (unpaired) electrons. The van der Waals surface area contributed by atoms with Gasteiger partial charge in [0.15, 0.2) is 0 Å². The standard InChI is InChI=1S/C33H31N7O3/c1-4-15-40-32(42)24-13-12-23(16-26(24)33(40,2)3)36-29-17-27(37-28(20-41)21-9-6-5-7-10-21)25(19-35-29)31-38-30(39-43-31)22-11-8-14-34-18-22/h4-14,16-19,28,41H,1,15,20H2,2-3H3,(H2,35,36,37)/t28-/m1/s1. The van der Waals surface area contributed by atoms with Crippen LogP contribution in [0.25, 0.3) is 22.8 Å². The number of nitrogens with zero attached hydrogens (tertiary/aromatic N) is 5. The number of hydrogen-bond acceptors (Lipinski definition) is 9. The molecule has 0 unspecified atom stereocenters. The van der Waals surface area contributed by atoms with E-state index in [1.54, 1.807) is 30.7 Å². The van der Waals surface area contributed by atoms with Crippen molar-refractivity contribution in [1.82, 2.24) is 25.0 Å². The molecule has 4 heterocycles. The van der Waals surface area contributed by atoms with E-state index >= 15 is 0 Å². The van der Waals surface area contributed by atoms with Gasteiger partial charge in [0.2, 0.25) is 5.82 Å². The molecular formula is C33H31N7O3. The number of anilines is 3. The minimum atomic E-state index is -0.490. The molecule has 216 valence electrons. The molecule has 0 fully saturated rings.